The molecule has 5 nitrogen and oxygen atoms in total. The van der Waals surface area contributed by atoms with Crippen LogP contribution in [0, 0.1) is 0 Å². The summed E-state index contributed by atoms with van der Waals surface area (Å²) in [6, 6.07) is 6.30. The molecule has 24 heavy (non-hydrogen) atoms. The second kappa shape index (κ2) is 9.89. The Morgan fingerprint density at radius 3 is 2.92 bits per heavy atom. The van der Waals surface area contributed by atoms with E-state index in [-0.39, 0.29) is 30.4 Å². The van der Waals surface area contributed by atoms with Crippen LogP contribution >= 0.6 is 24.8 Å². The van der Waals surface area contributed by atoms with Crippen LogP contribution in [-0.4, -0.2) is 31.8 Å². The predicted molar refractivity (Wildman–Crippen MR) is 104 cm³/mol. The summed E-state index contributed by atoms with van der Waals surface area (Å²) in [5.74, 6) is 0. The van der Waals surface area contributed by atoms with Gasteiger partial charge in [0.05, 0.1) is 11.2 Å². The second-order valence-corrected chi connectivity index (χ2v) is 5.74. The van der Waals surface area contributed by atoms with Crippen LogP contribution in [0.5, 0.6) is 0 Å². The summed E-state index contributed by atoms with van der Waals surface area (Å²) in [5.41, 5.74) is 4.04. The van der Waals surface area contributed by atoms with Gasteiger partial charge in [0.15, 0.2) is 0 Å². The molecule has 3 rings (SSSR count). The smallest absolute Gasteiger partial charge is 0.253 e. The molecule has 0 saturated heterocycles. The number of hydrogen-bond donors (Lipinski definition) is 3. The second-order valence-electron chi connectivity index (χ2n) is 5.74. The fraction of sp³-hybridized carbons (Fsp3) is 0.471. The molecule has 0 aliphatic carbocycles. The number of pyridine rings is 1. The molecule has 3 N–H and O–H groups in total. The van der Waals surface area contributed by atoms with E-state index in [0.29, 0.717) is 0 Å². The van der Waals surface area contributed by atoms with E-state index in [2.05, 4.69) is 33.8 Å². The highest BCUT2D eigenvalue weighted by molar-refractivity contribution is 5.93. The maximum atomic E-state index is 12.2. The van der Waals surface area contributed by atoms with Gasteiger partial charge in [0.1, 0.15) is 0 Å². The van der Waals surface area contributed by atoms with Crippen molar-refractivity contribution < 1.29 is 4.74 Å². The van der Waals surface area contributed by atoms with Crippen LogP contribution in [0.1, 0.15) is 24.0 Å². The predicted octanol–water partition coefficient (Wildman–Crippen LogP) is 2.86. The summed E-state index contributed by atoms with van der Waals surface area (Å²) in [5, 5.41) is 7.88. The van der Waals surface area contributed by atoms with Crippen LogP contribution in [0.3, 0.4) is 0 Å². The van der Waals surface area contributed by atoms with E-state index in [1.54, 1.807) is 7.11 Å². The molecule has 0 bridgehead atoms. The molecule has 2 aromatic rings. The van der Waals surface area contributed by atoms with Gasteiger partial charge in [0.25, 0.3) is 5.56 Å². The third kappa shape index (κ3) is 4.63. The van der Waals surface area contributed by atoms with E-state index in [9.17, 15) is 4.79 Å². The van der Waals surface area contributed by atoms with Gasteiger partial charge in [0.2, 0.25) is 0 Å². The minimum atomic E-state index is 0. The molecule has 1 aliphatic rings. The number of aromatic nitrogens is 1. The van der Waals surface area contributed by atoms with Gasteiger partial charge >= 0.3 is 0 Å². The molecule has 0 amide bonds. The molecule has 0 unspecified atom stereocenters. The van der Waals surface area contributed by atoms with Gasteiger partial charge in [-0.25, -0.2) is 0 Å². The van der Waals surface area contributed by atoms with Crippen molar-refractivity contribution >= 4 is 41.4 Å². The fourth-order valence-electron chi connectivity index (χ4n) is 2.99. The zero-order chi connectivity index (χ0) is 15.4. The third-order valence-electron chi connectivity index (χ3n) is 4.11. The summed E-state index contributed by atoms with van der Waals surface area (Å²) in [4.78, 5) is 15.2. The number of nitrogens with one attached hydrogen (secondary N) is 3. The average Bonchev–Trinajstić information content (AvgIpc) is 2.55. The molecule has 0 fully saturated rings. The van der Waals surface area contributed by atoms with Crippen molar-refractivity contribution in [1.82, 2.24) is 10.3 Å². The zero-order valence-corrected chi connectivity index (χ0v) is 15.4. The number of methoxy groups -OCH3 is 1. The van der Waals surface area contributed by atoms with Crippen molar-refractivity contribution in [2.45, 2.75) is 25.8 Å². The molecule has 1 aromatic heterocycles. The largest absolute Gasteiger partial charge is 0.385 e. The van der Waals surface area contributed by atoms with E-state index in [4.69, 9.17) is 4.74 Å². The van der Waals surface area contributed by atoms with Crippen LogP contribution in [0.15, 0.2) is 23.0 Å². The molecule has 2 heterocycles. The standard InChI is InChI=1S/C17H23N3O2.2ClH/c1-22-9-3-7-18-11-12-5-6-13-15(10-12)20-17(21)14-4-2-8-19-16(13)14;;/h5-6,10,18-19H,2-4,7-9,11H2,1H3,(H,20,21);2*1H. The number of hydrogen-bond acceptors (Lipinski definition) is 4. The highest BCUT2D eigenvalue weighted by Gasteiger charge is 2.15. The van der Waals surface area contributed by atoms with E-state index in [1.165, 1.54) is 5.56 Å². The van der Waals surface area contributed by atoms with Crippen molar-refractivity contribution in [1.29, 1.82) is 0 Å². The van der Waals surface area contributed by atoms with Gasteiger partial charge in [-0.2, -0.15) is 0 Å². The van der Waals surface area contributed by atoms with Crippen molar-refractivity contribution in [3.8, 4) is 0 Å². The van der Waals surface area contributed by atoms with Gasteiger partial charge in [-0.3, -0.25) is 4.79 Å². The Morgan fingerprint density at radius 2 is 2.12 bits per heavy atom. The zero-order valence-electron chi connectivity index (χ0n) is 13.8. The Morgan fingerprint density at radius 1 is 1.29 bits per heavy atom. The number of halogens is 2. The van der Waals surface area contributed by atoms with Crippen molar-refractivity contribution in [3.05, 3.63) is 39.7 Å². The summed E-state index contributed by atoms with van der Waals surface area (Å²) in [6.07, 6.45) is 2.87. The first kappa shape index (κ1) is 20.8. The molecule has 7 heteroatoms. The van der Waals surface area contributed by atoms with Gasteiger partial charge in [-0.1, -0.05) is 12.1 Å². The molecular formula is C17H25Cl2N3O2. The van der Waals surface area contributed by atoms with Crippen molar-refractivity contribution in [3.63, 3.8) is 0 Å². The normalized spacial score (nSPS) is 12.7. The number of ether oxygens (including phenoxy) is 1. The summed E-state index contributed by atoms with van der Waals surface area (Å²) < 4.78 is 5.03. The lowest BCUT2D eigenvalue weighted by Crippen LogP contribution is -2.22. The minimum absolute atomic E-state index is 0. The summed E-state index contributed by atoms with van der Waals surface area (Å²) in [6.45, 7) is 3.44. The lowest BCUT2D eigenvalue weighted by Gasteiger charge is -2.19. The van der Waals surface area contributed by atoms with E-state index in [1.807, 2.05) is 0 Å². The fourth-order valence-corrected chi connectivity index (χ4v) is 2.99. The molecule has 0 saturated carbocycles. The van der Waals surface area contributed by atoms with Gasteiger partial charge in [-0.05, 0) is 37.4 Å². The first-order valence-corrected chi connectivity index (χ1v) is 7.91. The van der Waals surface area contributed by atoms with Gasteiger partial charge in [0, 0.05) is 37.8 Å². The first-order valence-electron chi connectivity index (χ1n) is 7.91. The maximum Gasteiger partial charge on any atom is 0.253 e. The SMILES string of the molecule is COCCCNCc1ccc2c3c(c(=O)[nH]c2c1)CCCN3.Cl.Cl. The van der Waals surface area contributed by atoms with Crippen LogP contribution < -0.4 is 16.2 Å². The number of fused-ring (bicyclic) bond motifs is 3. The Labute approximate surface area is 154 Å². The Kier molecular flexibility index (Phi) is 8.56. The van der Waals surface area contributed by atoms with Crippen molar-refractivity contribution in [2.24, 2.45) is 0 Å². The van der Waals surface area contributed by atoms with E-state index < -0.39 is 0 Å². The molecule has 0 radical (unpaired) electrons. The van der Waals surface area contributed by atoms with Crippen LogP contribution in [0.2, 0.25) is 0 Å². The lowest BCUT2D eigenvalue weighted by molar-refractivity contribution is 0.194. The molecular weight excluding hydrogens is 349 g/mol. The van der Waals surface area contributed by atoms with Crippen molar-refractivity contribution in [2.75, 3.05) is 32.1 Å². The number of rotatable bonds is 6. The Bertz CT molecular complexity index is 719. The molecule has 1 aromatic carbocycles. The topological polar surface area (TPSA) is 66.1 Å². The minimum Gasteiger partial charge on any atom is -0.385 e. The lowest BCUT2D eigenvalue weighted by atomic mass is 10.0. The van der Waals surface area contributed by atoms with Crippen LogP contribution in [-0.2, 0) is 17.7 Å². The Hall–Kier alpha value is -1.27. The van der Waals surface area contributed by atoms with E-state index in [0.717, 1.165) is 67.7 Å². The molecule has 134 valence electrons. The van der Waals surface area contributed by atoms with Gasteiger partial charge in [-0.15, -0.1) is 24.8 Å². The third-order valence-corrected chi connectivity index (χ3v) is 4.11. The van der Waals surface area contributed by atoms with Crippen LogP contribution in [0.4, 0.5) is 5.69 Å². The quantitative estimate of drug-likeness (QED) is 0.681. The molecule has 1 aliphatic heterocycles. The number of benzene rings is 1. The highest BCUT2D eigenvalue weighted by atomic mass is 35.5. The average molecular weight is 374 g/mol. The first-order chi connectivity index (χ1) is 10.8. The number of H-pyrrole nitrogens is 1. The van der Waals surface area contributed by atoms with Crippen LogP contribution in [0.25, 0.3) is 10.9 Å². The summed E-state index contributed by atoms with van der Waals surface area (Å²) in [7, 11) is 1.72. The summed E-state index contributed by atoms with van der Waals surface area (Å²) >= 11 is 0. The Balaban J connectivity index is 0.00000144. The molecule has 0 atom stereocenters. The van der Waals surface area contributed by atoms with Gasteiger partial charge < -0.3 is 20.4 Å². The highest BCUT2D eigenvalue weighted by Crippen LogP contribution is 2.27. The van der Waals surface area contributed by atoms with E-state index >= 15 is 0 Å². The number of aromatic amines is 1. The number of anilines is 1. The maximum absolute atomic E-state index is 12.2. The molecule has 0 spiro atoms. The monoisotopic (exact) mass is 373 g/mol.